The van der Waals surface area contributed by atoms with Crippen LogP contribution in [0.25, 0.3) is 0 Å². The van der Waals surface area contributed by atoms with Crippen molar-refractivity contribution in [2.24, 2.45) is 0 Å². The molecular weight excluding hydrogens is 472 g/mol. The van der Waals surface area contributed by atoms with Crippen molar-refractivity contribution < 1.29 is 22.7 Å². The van der Waals surface area contributed by atoms with E-state index >= 15 is 0 Å². The smallest absolute Gasteiger partial charge is 0.238 e. The van der Waals surface area contributed by atoms with Gasteiger partial charge in [-0.1, -0.05) is 48.5 Å². The van der Waals surface area contributed by atoms with Gasteiger partial charge in [0.15, 0.2) is 11.5 Å². The molecule has 0 atom stereocenters. The van der Waals surface area contributed by atoms with Gasteiger partial charge in [-0.3, -0.25) is 4.79 Å². The topological polar surface area (TPSA) is 76.2 Å². The number of hydrogen-bond donors (Lipinski definition) is 0. The number of fused-ring (bicyclic) bond motifs is 1. The maximum atomic E-state index is 13.4. The second kappa shape index (κ2) is 10.9. The number of amides is 1. The van der Waals surface area contributed by atoms with Crippen molar-refractivity contribution in [2.45, 2.75) is 18.8 Å². The highest BCUT2D eigenvalue weighted by molar-refractivity contribution is 7.88. The second-order valence-electron chi connectivity index (χ2n) is 7.84. The minimum atomic E-state index is -3.73. The van der Waals surface area contributed by atoms with E-state index in [2.05, 4.69) is 6.58 Å². The van der Waals surface area contributed by atoms with Crippen LogP contribution in [0.15, 0.2) is 78.7 Å². The Morgan fingerprint density at radius 2 is 1.79 bits per heavy atom. The maximum absolute atomic E-state index is 13.4. The second-order valence-corrected chi connectivity index (χ2v) is 10.8. The number of ether oxygens (including phenoxy) is 2. The van der Waals surface area contributed by atoms with Crippen molar-refractivity contribution >= 4 is 27.3 Å². The van der Waals surface area contributed by atoms with Crippen molar-refractivity contribution in [1.82, 2.24) is 9.21 Å². The van der Waals surface area contributed by atoms with Gasteiger partial charge in [-0.2, -0.15) is 4.31 Å². The fourth-order valence-corrected chi connectivity index (χ4v) is 5.79. The summed E-state index contributed by atoms with van der Waals surface area (Å²) in [6.07, 6.45) is 1.50. The summed E-state index contributed by atoms with van der Waals surface area (Å²) in [6, 6.07) is 18.4. The quantitative estimate of drug-likeness (QED) is 0.373. The van der Waals surface area contributed by atoms with Crippen LogP contribution in [-0.4, -0.2) is 43.4 Å². The minimum Gasteiger partial charge on any atom is -0.454 e. The molecule has 0 N–H and O–H groups in total. The Kier molecular flexibility index (Phi) is 7.66. The predicted molar refractivity (Wildman–Crippen MR) is 132 cm³/mol. The van der Waals surface area contributed by atoms with Gasteiger partial charge >= 0.3 is 0 Å². The van der Waals surface area contributed by atoms with Gasteiger partial charge in [-0.15, -0.1) is 17.9 Å². The molecule has 0 radical (unpaired) electrons. The van der Waals surface area contributed by atoms with E-state index in [0.717, 1.165) is 10.4 Å². The Balaban J connectivity index is 1.53. The van der Waals surface area contributed by atoms with E-state index in [1.54, 1.807) is 40.5 Å². The molecule has 0 saturated carbocycles. The van der Waals surface area contributed by atoms with E-state index in [1.807, 2.05) is 41.8 Å². The van der Waals surface area contributed by atoms with Gasteiger partial charge < -0.3 is 14.4 Å². The molecule has 9 heteroatoms. The summed E-state index contributed by atoms with van der Waals surface area (Å²) >= 11 is 1.55. The normalized spacial score (nSPS) is 12.6. The van der Waals surface area contributed by atoms with Crippen LogP contribution in [-0.2, 0) is 33.7 Å². The zero-order valence-corrected chi connectivity index (χ0v) is 20.3. The summed E-state index contributed by atoms with van der Waals surface area (Å²) in [5.41, 5.74) is 1.54. The van der Waals surface area contributed by atoms with Crippen molar-refractivity contribution in [3.8, 4) is 11.5 Å². The molecule has 1 aliphatic rings. The number of hydrogen-bond acceptors (Lipinski definition) is 6. The van der Waals surface area contributed by atoms with Gasteiger partial charge in [0, 0.05) is 18.0 Å². The molecule has 0 aliphatic carbocycles. The van der Waals surface area contributed by atoms with E-state index in [-0.39, 0.29) is 31.5 Å². The fraction of sp³-hybridized carbons (Fsp3) is 0.240. The van der Waals surface area contributed by atoms with Gasteiger partial charge in [0.25, 0.3) is 0 Å². The van der Waals surface area contributed by atoms with Gasteiger partial charge in [-0.05, 0) is 34.7 Å². The molecule has 0 spiro atoms. The first-order chi connectivity index (χ1) is 16.4. The molecule has 1 amide bonds. The lowest BCUT2D eigenvalue weighted by atomic mass is 10.2. The van der Waals surface area contributed by atoms with E-state index in [9.17, 15) is 13.2 Å². The largest absolute Gasteiger partial charge is 0.454 e. The van der Waals surface area contributed by atoms with Crippen LogP contribution in [0.1, 0.15) is 16.0 Å². The van der Waals surface area contributed by atoms with Crippen LogP contribution in [0.3, 0.4) is 0 Å². The van der Waals surface area contributed by atoms with Gasteiger partial charge in [0.1, 0.15) is 0 Å². The lowest BCUT2D eigenvalue weighted by Crippen LogP contribution is -2.42. The number of nitrogens with zero attached hydrogens (tertiary/aromatic N) is 2. The molecule has 4 rings (SSSR count). The molecule has 0 fully saturated rings. The highest BCUT2D eigenvalue weighted by atomic mass is 32.2. The van der Waals surface area contributed by atoms with Crippen molar-refractivity contribution in [1.29, 1.82) is 0 Å². The van der Waals surface area contributed by atoms with Crippen LogP contribution < -0.4 is 9.47 Å². The first-order valence-electron chi connectivity index (χ1n) is 10.8. The van der Waals surface area contributed by atoms with Crippen LogP contribution >= 0.6 is 11.3 Å². The Morgan fingerprint density at radius 3 is 2.53 bits per heavy atom. The summed E-state index contributed by atoms with van der Waals surface area (Å²) in [7, 11) is -3.73. The van der Waals surface area contributed by atoms with Gasteiger partial charge in [0.2, 0.25) is 22.7 Å². The van der Waals surface area contributed by atoms with Crippen molar-refractivity contribution in [2.75, 3.05) is 19.9 Å². The zero-order valence-electron chi connectivity index (χ0n) is 18.6. The number of rotatable bonds is 11. The molecule has 2 heterocycles. The Bertz CT molecular complexity index is 1230. The lowest BCUT2D eigenvalue weighted by Gasteiger charge is -2.27. The molecule has 0 unspecified atom stereocenters. The monoisotopic (exact) mass is 498 g/mol. The number of carbonyl (C=O) groups excluding carboxylic acids is 1. The highest BCUT2D eigenvalue weighted by Crippen LogP contribution is 2.33. The van der Waals surface area contributed by atoms with Crippen LogP contribution in [0, 0.1) is 0 Å². The van der Waals surface area contributed by atoms with Crippen molar-refractivity contribution in [3.63, 3.8) is 0 Å². The number of carbonyl (C=O) groups is 1. The molecule has 1 aliphatic heterocycles. The average molecular weight is 499 g/mol. The van der Waals surface area contributed by atoms with Crippen molar-refractivity contribution in [3.05, 3.63) is 94.7 Å². The summed E-state index contributed by atoms with van der Waals surface area (Å²) in [6.45, 7) is 4.33. The minimum absolute atomic E-state index is 0.0533. The Labute approximate surface area is 203 Å². The first kappa shape index (κ1) is 24.0. The number of thiophene rings is 1. The molecule has 2 aromatic carbocycles. The molecule has 178 valence electrons. The SMILES string of the molecule is C=CCN(CC(=O)N(Cc1ccc2c(c1)OCO2)Cc1cccs1)S(=O)(=O)Cc1ccccc1. The van der Waals surface area contributed by atoms with Crippen LogP contribution in [0.5, 0.6) is 11.5 Å². The highest BCUT2D eigenvalue weighted by Gasteiger charge is 2.27. The first-order valence-corrected chi connectivity index (χ1v) is 13.2. The molecular formula is C25H26N2O5S2. The van der Waals surface area contributed by atoms with E-state index in [0.29, 0.717) is 30.2 Å². The van der Waals surface area contributed by atoms with Crippen LogP contribution in [0.4, 0.5) is 0 Å². The summed E-state index contributed by atoms with van der Waals surface area (Å²) < 4.78 is 38.3. The van der Waals surface area contributed by atoms with Gasteiger partial charge in [-0.25, -0.2) is 8.42 Å². The predicted octanol–water partition coefficient (Wildman–Crippen LogP) is 4.02. The third-order valence-electron chi connectivity index (χ3n) is 5.32. The fourth-order valence-electron chi connectivity index (χ4n) is 3.63. The van der Waals surface area contributed by atoms with Crippen LogP contribution in [0.2, 0.25) is 0 Å². The third kappa shape index (κ3) is 6.05. The van der Waals surface area contributed by atoms with Gasteiger partial charge in [0.05, 0.1) is 18.8 Å². The maximum Gasteiger partial charge on any atom is 0.238 e. The molecule has 3 aromatic rings. The molecule has 7 nitrogen and oxygen atoms in total. The third-order valence-corrected chi connectivity index (χ3v) is 7.94. The number of sulfonamides is 1. The molecule has 34 heavy (non-hydrogen) atoms. The van der Waals surface area contributed by atoms with E-state index in [4.69, 9.17) is 9.47 Å². The Morgan fingerprint density at radius 1 is 1.00 bits per heavy atom. The lowest BCUT2D eigenvalue weighted by molar-refractivity contribution is -0.132. The zero-order chi connectivity index (χ0) is 24.0. The number of benzene rings is 2. The molecule has 0 bridgehead atoms. The average Bonchev–Trinajstić information content (AvgIpc) is 3.50. The summed E-state index contributed by atoms with van der Waals surface area (Å²) in [4.78, 5) is 16.1. The Hall–Kier alpha value is -3.14. The summed E-state index contributed by atoms with van der Waals surface area (Å²) in [5.74, 6) is 0.843. The van der Waals surface area contributed by atoms with E-state index < -0.39 is 10.0 Å². The van der Waals surface area contributed by atoms with E-state index in [1.165, 1.54) is 10.4 Å². The molecule has 1 aromatic heterocycles. The summed E-state index contributed by atoms with van der Waals surface area (Å²) in [5, 5.41) is 1.95. The standard InChI is InChI=1S/C25H26N2O5S2/c1-2-12-27(34(29,30)18-20-7-4-3-5-8-20)17-25(28)26(16-22-9-6-13-33-22)15-21-10-11-23-24(14-21)32-19-31-23/h2-11,13-14H,1,12,15-19H2. The molecule has 0 saturated heterocycles.